The second-order valence-electron chi connectivity index (χ2n) is 1.40. The summed E-state index contributed by atoms with van der Waals surface area (Å²) in [6, 6.07) is 0. The van der Waals surface area contributed by atoms with Crippen LogP contribution in [0.4, 0.5) is 0 Å². The molecule has 1 aliphatic heterocycles. The zero-order valence-corrected chi connectivity index (χ0v) is 4.09. The van der Waals surface area contributed by atoms with Crippen LogP contribution in [0.15, 0.2) is 17.3 Å². The van der Waals surface area contributed by atoms with E-state index in [1.807, 2.05) is 6.08 Å². The summed E-state index contributed by atoms with van der Waals surface area (Å²) in [5, 5.41) is 3.81. The molecule has 7 heavy (non-hydrogen) atoms. The van der Waals surface area contributed by atoms with E-state index in [1.165, 1.54) is 0 Å². The molecule has 0 bridgehead atoms. The maximum atomic E-state index is 3.81. The Morgan fingerprint density at radius 1 is 1.57 bits per heavy atom. The van der Waals surface area contributed by atoms with Crippen molar-refractivity contribution in [1.82, 2.24) is 5.43 Å². The van der Waals surface area contributed by atoms with E-state index in [1.54, 1.807) is 6.21 Å². The van der Waals surface area contributed by atoms with Gasteiger partial charge in [-0.3, -0.25) is 0 Å². The van der Waals surface area contributed by atoms with Gasteiger partial charge in [-0.05, 0) is 12.5 Å². The summed E-state index contributed by atoms with van der Waals surface area (Å²) < 4.78 is 0. The first-order valence-electron chi connectivity index (χ1n) is 2.41. The molecule has 0 aromatic carbocycles. The fourth-order valence-electron chi connectivity index (χ4n) is 0.465. The van der Waals surface area contributed by atoms with E-state index in [0.29, 0.717) is 0 Å². The highest BCUT2D eigenvalue weighted by Crippen LogP contribution is 1.81. The molecule has 1 N–H and O–H groups in total. The Morgan fingerprint density at radius 2 is 2.57 bits per heavy atom. The molecule has 0 aromatic rings. The van der Waals surface area contributed by atoms with Gasteiger partial charge in [0.05, 0.1) is 0 Å². The molecule has 0 aromatic heterocycles. The molecule has 0 spiro atoms. The van der Waals surface area contributed by atoms with Gasteiger partial charge in [-0.15, -0.1) is 0 Å². The predicted molar refractivity (Wildman–Crippen MR) is 30.3 cm³/mol. The SMILES string of the molecule is C1=CCCNN=C1. The number of nitrogens with one attached hydrogen (secondary N) is 1. The number of hydrazone groups is 1. The van der Waals surface area contributed by atoms with Crippen LogP contribution in [-0.2, 0) is 0 Å². The highest BCUT2D eigenvalue weighted by atomic mass is 15.3. The summed E-state index contributed by atoms with van der Waals surface area (Å²) in [4.78, 5) is 0. The third-order valence-electron chi connectivity index (χ3n) is 0.811. The minimum absolute atomic E-state index is 0.965. The average molecular weight is 96.1 g/mol. The molecule has 0 amide bonds. The van der Waals surface area contributed by atoms with E-state index in [9.17, 15) is 0 Å². The van der Waals surface area contributed by atoms with Crippen molar-refractivity contribution < 1.29 is 0 Å². The number of allylic oxidation sites excluding steroid dienone is 1. The van der Waals surface area contributed by atoms with Gasteiger partial charge in [-0.2, -0.15) is 5.10 Å². The summed E-state index contributed by atoms with van der Waals surface area (Å²) in [7, 11) is 0. The lowest BCUT2D eigenvalue weighted by Gasteiger charge is -1.88. The predicted octanol–water partition coefficient (Wildman–Crippen LogP) is 0.522. The molecular formula is C5H8N2. The van der Waals surface area contributed by atoms with Gasteiger partial charge < -0.3 is 5.43 Å². The van der Waals surface area contributed by atoms with Crippen LogP contribution in [0.1, 0.15) is 6.42 Å². The quantitative estimate of drug-likeness (QED) is 0.467. The fourth-order valence-corrected chi connectivity index (χ4v) is 0.465. The summed E-state index contributed by atoms with van der Waals surface area (Å²) in [6.07, 6.45) is 6.87. The van der Waals surface area contributed by atoms with E-state index in [-0.39, 0.29) is 0 Å². The second kappa shape index (κ2) is 2.39. The van der Waals surface area contributed by atoms with Gasteiger partial charge in [-0.25, -0.2) is 0 Å². The van der Waals surface area contributed by atoms with Crippen molar-refractivity contribution in [3.8, 4) is 0 Å². The Morgan fingerprint density at radius 3 is 3.57 bits per heavy atom. The third kappa shape index (κ3) is 1.39. The smallest absolute Gasteiger partial charge is 0.0464 e. The van der Waals surface area contributed by atoms with Crippen LogP contribution in [0.25, 0.3) is 0 Å². The van der Waals surface area contributed by atoms with E-state index in [4.69, 9.17) is 0 Å². The number of nitrogens with zero attached hydrogens (tertiary/aromatic N) is 1. The normalized spacial score (nSPS) is 18.3. The van der Waals surface area contributed by atoms with Crippen LogP contribution in [0.5, 0.6) is 0 Å². The highest BCUT2D eigenvalue weighted by molar-refractivity contribution is 5.70. The Balaban J connectivity index is 2.39. The molecule has 2 nitrogen and oxygen atoms in total. The highest BCUT2D eigenvalue weighted by Gasteiger charge is 1.79. The standard InChI is InChI=1S/C5H8N2/c1-2-4-6-7-5-3-1/h1-2,4,7H,3,5H2. The number of hydrogen-bond acceptors (Lipinski definition) is 2. The number of rotatable bonds is 0. The zero-order valence-electron chi connectivity index (χ0n) is 4.09. The summed E-state index contributed by atoms with van der Waals surface area (Å²) in [5.41, 5.74) is 2.85. The fraction of sp³-hybridized carbons (Fsp3) is 0.400. The lowest BCUT2D eigenvalue weighted by atomic mass is 10.4. The van der Waals surface area contributed by atoms with Crippen LogP contribution in [0.3, 0.4) is 0 Å². The topological polar surface area (TPSA) is 24.4 Å². The Hall–Kier alpha value is -0.790. The molecule has 1 heterocycles. The van der Waals surface area contributed by atoms with Gasteiger partial charge in [-0.1, -0.05) is 6.08 Å². The van der Waals surface area contributed by atoms with Crippen molar-refractivity contribution >= 4 is 6.21 Å². The molecule has 0 fully saturated rings. The first kappa shape index (κ1) is 4.37. The summed E-state index contributed by atoms with van der Waals surface area (Å²) >= 11 is 0. The Labute approximate surface area is 42.9 Å². The molecular weight excluding hydrogens is 88.1 g/mol. The lowest BCUT2D eigenvalue weighted by Crippen LogP contribution is -2.03. The first-order valence-corrected chi connectivity index (χ1v) is 2.41. The molecule has 0 aliphatic carbocycles. The van der Waals surface area contributed by atoms with Crippen molar-refractivity contribution in [1.29, 1.82) is 0 Å². The second-order valence-corrected chi connectivity index (χ2v) is 1.40. The van der Waals surface area contributed by atoms with Crippen molar-refractivity contribution in [2.24, 2.45) is 5.10 Å². The first-order chi connectivity index (χ1) is 3.50. The molecule has 1 aliphatic rings. The van der Waals surface area contributed by atoms with Crippen molar-refractivity contribution in [3.63, 3.8) is 0 Å². The Kier molecular flexibility index (Phi) is 1.50. The molecule has 1 rings (SSSR count). The maximum absolute atomic E-state index is 3.81. The molecule has 0 unspecified atom stereocenters. The third-order valence-corrected chi connectivity index (χ3v) is 0.811. The van der Waals surface area contributed by atoms with E-state index in [0.717, 1.165) is 13.0 Å². The van der Waals surface area contributed by atoms with Crippen LogP contribution >= 0.6 is 0 Å². The monoisotopic (exact) mass is 96.1 g/mol. The van der Waals surface area contributed by atoms with E-state index in [2.05, 4.69) is 16.6 Å². The van der Waals surface area contributed by atoms with Gasteiger partial charge in [0, 0.05) is 12.8 Å². The minimum atomic E-state index is 0.965. The van der Waals surface area contributed by atoms with E-state index >= 15 is 0 Å². The van der Waals surface area contributed by atoms with Crippen molar-refractivity contribution in [2.45, 2.75) is 6.42 Å². The van der Waals surface area contributed by atoms with Crippen molar-refractivity contribution in [2.75, 3.05) is 6.54 Å². The summed E-state index contributed by atoms with van der Waals surface area (Å²) in [5.74, 6) is 0. The number of hydrogen-bond donors (Lipinski definition) is 1. The van der Waals surface area contributed by atoms with Crippen LogP contribution < -0.4 is 5.43 Å². The van der Waals surface area contributed by atoms with Gasteiger partial charge >= 0.3 is 0 Å². The van der Waals surface area contributed by atoms with E-state index < -0.39 is 0 Å². The Bertz CT molecular complexity index is 82.3. The van der Waals surface area contributed by atoms with Gasteiger partial charge in [0.25, 0.3) is 0 Å². The van der Waals surface area contributed by atoms with Gasteiger partial charge in [0.2, 0.25) is 0 Å². The largest absolute Gasteiger partial charge is 0.310 e. The molecule has 0 radical (unpaired) electrons. The van der Waals surface area contributed by atoms with Crippen LogP contribution in [0, 0.1) is 0 Å². The zero-order chi connectivity index (χ0) is 4.95. The van der Waals surface area contributed by atoms with Gasteiger partial charge in [0.1, 0.15) is 0 Å². The maximum Gasteiger partial charge on any atom is 0.0464 e. The molecule has 38 valence electrons. The van der Waals surface area contributed by atoms with Crippen LogP contribution in [0.2, 0.25) is 0 Å². The molecule has 0 atom stereocenters. The molecule has 2 heteroatoms. The van der Waals surface area contributed by atoms with Gasteiger partial charge in [0.15, 0.2) is 0 Å². The minimum Gasteiger partial charge on any atom is -0.310 e. The average Bonchev–Trinajstić information content (AvgIpc) is 1.90. The molecule has 0 saturated carbocycles. The van der Waals surface area contributed by atoms with Crippen LogP contribution in [-0.4, -0.2) is 12.8 Å². The summed E-state index contributed by atoms with van der Waals surface area (Å²) in [6.45, 7) is 0.965. The van der Waals surface area contributed by atoms with Crippen molar-refractivity contribution in [3.05, 3.63) is 12.2 Å². The lowest BCUT2D eigenvalue weighted by molar-refractivity contribution is 0.752. The molecule has 0 saturated heterocycles.